The first-order valence-corrected chi connectivity index (χ1v) is 10.6. The molecule has 3 rings (SSSR count). The smallest absolute Gasteiger partial charge is 0.163 e. The zero-order valence-corrected chi connectivity index (χ0v) is 18.7. The molecule has 0 saturated heterocycles. The Labute approximate surface area is 182 Å². The van der Waals surface area contributed by atoms with Gasteiger partial charge in [0.05, 0.1) is 0 Å². The number of carbonyl (C=O) groups excluding carboxylic acids is 2. The molecule has 0 atom stereocenters. The highest BCUT2D eigenvalue weighted by Crippen LogP contribution is 2.44. The van der Waals surface area contributed by atoms with Crippen molar-refractivity contribution in [2.45, 2.75) is 53.4 Å². The van der Waals surface area contributed by atoms with Crippen molar-refractivity contribution in [3.8, 4) is 0 Å². The van der Waals surface area contributed by atoms with Crippen molar-refractivity contribution in [3.63, 3.8) is 0 Å². The summed E-state index contributed by atoms with van der Waals surface area (Å²) < 4.78 is 0. The van der Waals surface area contributed by atoms with Crippen molar-refractivity contribution in [2.75, 3.05) is 0 Å². The summed E-state index contributed by atoms with van der Waals surface area (Å²) in [6.45, 7) is 7.73. The van der Waals surface area contributed by atoms with E-state index in [9.17, 15) is 19.8 Å². The summed E-state index contributed by atoms with van der Waals surface area (Å²) >= 11 is 5.95. The van der Waals surface area contributed by atoms with Crippen molar-refractivity contribution in [2.24, 2.45) is 16.7 Å². The van der Waals surface area contributed by atoms with Gasteiger partial charge in [-0.1, -0.05) is 63.6 Å². The second kappa shape index (κ2) is 8.07. The SMILES string of the molecule is CC1(C)CC(=O)C(C(/C=C/c2ccc(Cl)cc2)C2=C(O)CC(C)(C)CC2=O)=C(O)C1. The number of carbonyl (C=O) groups is 2. The molecule has 0 spiro atoms. The number of ketones is 2. The van der Waals surface area contributed by atoms with Crippen LogP contribution in [0.4, 0.5) is 0 Å². The third-order valence-electron chi connectivity index (χ3n) is 5.77. The molecule has 0 fully saturated rings. The summed E-state index contributed by atoms with van der Waals surface area (Å²) in [5.74, 6) is -1.16. The quantitative estimate of drug-likeness (QED) is 0.584. The highest BCUT2D eigenvalue weighted by atomic mass is 35.5. The molecule has 0 radical (unpaired) electrons. The number of Topliss-reactive ketones (excluding diaryl/α,β-unsaturated/α-hetero) is 2. The minimum Gasteiger partial charge on any atom is -0.512 e. The molecule has 2 aliphatic rings. The van der Waals surface area contributed by atoms with Crippen molar-refractivity contribution in [1.29, 1.82) is 0 Å². The van der Waals surface area contributed by atoms with Gasteiger partial charge in [0.15, 0.2) is 11.6 Å². The summed E-state index contributed by atoms with van der Waals surface area (Å²) in [6, 6.07) is 7.17. The van der Waals surface area contributed by atoms with Gasteiger partial charge in [0, 0.05) is 47.8 Å². The lowest BCUT2D eigenvalue weighted by Gasteiger charge is -2.35. The first-order valence-electron chi connectivity index (χ1n) is 10.2. The van der Waals surface area contributed by atoms with E-state index in [0.717, 1.165) is 5.56 Å². The first kappa shape index (κ1) is 22.4. The summed E-state index contributed by atoms with van der Waals surface area (Å²) in [7, 11) is 0. The number of aliphatic hydroxyl groups is 2. The molecule has 30 heavy (non-hydrogen) atoms. The molecule has 160 valence electrons. The topological polar surface area (TPSA) is 74.6 Å². The van der Waals surface area contributed by atoms with Gasteiger partial charge in [-0.25, -0.2) is 0 Å². The van der Waals surface area contributed by atoms with E-state index in [2.05, 4.69) is 0 Å². The Morgan fingerprint density at radius 3 is 1.67 bits per heavy atom. The van der Waals surface area contributed by atoms with E-state index in [1.807, 2.05) is 39.8 Å². The third kappa shape index (κ3) is 4.86. The fourth-order valence-electron chi connectivity index (χ4n) is 4.43. The van der Waals surface area contributed by atoms with Gasteiger partial charge in [-0.3, -0.25) is 9.59 Å². The Kier molecular flexibility index (Phi) is 6.01. The van der Waals surface area contributed by atoms with Crippen LogP contribution in [0.15, 0.2) is 53.0 Å². The molecular weight excluding hydrogens is 400 g/mol. The highest BCUT2D eigenvalue weighted by Gasteiger charge is 2.42. The van der Waals surface area contributed by atoms with Gasteiger partial charge < -0.3 is 10.2 Å². The highest BCUT2D eigenvalue weighted by molar-refractivity contribution is 6.30. The largest absolute Gasteiger partial charge is 0.512 e. The second-order valence-electron chi connectivity index (χ2n) is 9.99. The Hall–Kier alpha value is -2.33. The van der Waals surface area contributed by atoms with Crippen LogP contribution >= 0.6 is 11.6 Å². The summed E-state index contributed by atoms with van der Waals surface area (Å²) in [6.07, 6.45) is 4.80. The van der Waals surface area contributed by atoms with E-state index in [0.29, 0.717) is 17.9 Å². The molecule has 0 saturated carbocycles. The van der Waals surface area contributed by atoms with Crippen LogP contribution in [-0.4, -0.2) is 21.8 Å². The molecule has 0 unspecified atom stereocenters. The molecule has 0 bridgehead atoms. The van der Waals surface area contributed by atoms with Crippen LogP contribution in [0.5, 0.6) is 0 Å². The maximum Gasteiger partial charge on any atom is 0.163 e. The zero-order chi connectivity index (χ0) is 22.3. The molecule has 0 aromatic heterocycles. The molecule has 0 amide bonds. The molecule has 1 aromatic rings. The minimum absolute atomic E-state index is 0.0000557. The van der Waals surface area contributed by atoms with E-state index in [1.54, 1.807) is 24.3 Å². The van der Waals surface area contributed by atoms with Crippen molar-refractivity contribution >= 4 is 29.2 Å². The normalized spacial score (nSPS) is 21.8. The lowest BCUT2D eigenvalue weighted by molar-refractivity contribution is -0.119. The number of rotatable bonds is 4. The number of benzene rings is 1. The predicted octanol–water partition coefficient (Wildman–Crippen LogP) is 6.37. The molecular formula is C25H29ClO4. The molecule has 0 aliphatic heterocycles. The first-order chi connectivity index (χ1) is 13.9. The maximum atomic E-state index is 13.0. The number of hydrogen-bond donors (Lipinski definition) is 2. The Morgan fingerprint density at radius 2 is 1.27 bits per heavy atom. The fraction of sp³-hybridized carbons (Fsp3) is 0.440. The number of hydrogen-bond acceptors (Lipinski definition) is 4. The summed E-state index contributed by atoms with van der Waals surface area (Å²) in [5, 5.41) is 22.2. The Morgan fingerprint density at radius 1 is 0.833 bits per heavy atom. The van der Waals surface area contributed by atoms with Gasteiger partial charge in [0.2, 0.25) is 0 Å². The lowest BCUT2D eigenvalue weighted by Crippen LogP contribution is -2.33. The average molecular weight is 429 g/mol. The van der Waals surface area contributed by atoms with E-state index < -0.39 is 5.92 Å². The van der Waals surface area contributed by atoms with Crippen LogP contribution in [-0.2, 0) is 9.59 Å². The fourth-order valence-corrected chi connectivity index (χ4v) is 4.55. The van der Waals surface area contributed by atoms with Crippen LogP contribution in [0, 0.1) is 16.7 Å². The van der Waals surface area contributed by atoms with Gasteiger partial charge in [0.25, 0.3) is 0 Å². The van der Waals surface area contributed by atoms with E-state index in [-0.39, 0.29) is 57.9 Å². The van der Waals surface area contributed by atoms with Crippen LogP contribution in [0.2, 0.25) is 5.02 Å². The third-order valence-corrected chi connectivity index (χ3v) is 6.02. The van der Waals surface area contributed by atoms with Gasteiger partial charge in [-0.05, 0) is 28.5 Å². The van der Waals surface area contributed by atoms with Crippen LogP contribution in [0.3, 0.4) is 0 Å². The van der Waals surface area contributed by atoms with Gasteiger partial charge in [-0.2, -0.15) is 0 Å². The van der Waals surface area contributed by atoms with Crippen molar-refractivity contribution in [1.82, 2.24) is 0 Å². The van der Waals surface area contributed by atoms with Crippen molar-refractivity contribution in [3.05, 3.63) is 63.6 Å². The van der Waals surface area contributed by atoms with Gasteiger partial charge in [-0.15, -0.1) is 0 Å². The monoisotopic (exact) mass is 428 g/mol. The van der Waals surface area contributed by atoms with E-state index >= 15 is 0 Å². The molecule has 2 aliphatic carbocycles. The van der Waals surface area contributed by atoms with E-state index in [4.69, 9.17) is 11.6 Å². The van der Waals surface area contributed by atoms with E-state index in [1.165, 1.54) is 0 Å². The zero-order valence-electron chi connectivity index (χ0n) is 18.0. The standard InChI is InChI=1S/C25H29ClO4/c1-24(2)11-18(27)22(19(28)12-24)17(10-7-15-5-8-16(26)9-6-15)23-20(29)13-25(3,4)14-21(23)30/h5-10,17,27,29H,11-14H2,1-4H3/b10-7+. The number of aliphatic hydroxyl groups excluding tert-OH is 2. The molecule has 4 nitrogen and oxygen atoms in total. The second-order valence-corrected chi connectivity index (χ2v) is 10.4. The maximum absolute atomic E-state index is 13.0. The molecule has 2 N–H and O–H groups in total. The molecule has 1 aromatic carbocycles. The number of allylic oxidation sites excluding steroid dienone is 5. The van der Waals surface area contributed by atoms with Crippen LogP contribution in [0.1, 0.15) is 58.9 Å². The molecule has 5 heteroatoms. The van der Waals surface area contributed by atoms with Crippen LogP contribution in [0.25, 0.3) is 6.08 Å². The average Bonchev–Trinajstić information content (AvgIpc) is 2.57. The lowest BCUT2D eigenvalue weighted by atomic mass is 9.68. The van der Waals surface area contributed by atoms with Gasteiger partial charge in [0.1, 0.15) is 11.5 Å². The Balaban J connectivity index is 2.11. The minimum atomic E-state index is -0.784. The van der Waals surface area contributed by atoms with Crippen molar-refractivity contribution < 1.29 is 19.8 Å². The van der Waals surface area contributed by atoms with Crippen LogP contribution < -0.4 is 0 Å². The predicted molar refractivity (Wildman–Crippen MR) is 119 cm³/mol. The number of halogens is 1. The van der Waals surface area contributed by atoms with Gasteiger partial charge >= 0.3 is 0 Å². The summed E-state index contributed by atoms with van der Waals surface area (Å²) in [4.78, 5) is 26.0. The Bertz CT molecular complexity index is 909. The summed E-state index contributed by atoms with van der Waals surface area (Å²) in [5.41, 5.74) is 0.592. The molecule has 0 heterocycles.